The molecule has 0 saturated carbocycles. The zero-order valence-corrected chi connectivity index (χ0v) is 10.9. The van der Waals surface area contributed by atoms with Crippen LogP contribution in [0.3, 0.4) is 0 Å². The van der Waals surface area contributed by atoms with Gasteiger partial charge in [-0.2, -0.15) is 18.4 Å². The fourth-order valence-electron chi connectivity index (χ4n) is 1.15. The Morgan fingerprint density at radius 3 is 2.26 bits per heavy atom. The van der Waals surface area contributed by atoms with E-state index in [1.807, 2.05) is 0 Å². The van der Waals surface area contributed by atoms with Crippen LogP contribution in [0.2, 0.25) is 0 Å². The van der Waals surface area contributed by atoms with Crippen molar-refractivity contribution in [1.82, 2.24) is 4.98 Å². The number of rotatable bonds is 2. The molecule has 0 aliphatic heterocycles. The maximum Gasteiger partial charge on any atom is 0.573 e. The van der Waals surface area contributed by atoms with Gasteiger partial charge in [-0.25, -0.2) is 4.98 Å². The number of ether oxygens (including phenoxy) is 1. The molecular weight excluding hydrogens is 393 g/mol. The highest BCUT2D eigenvalue weighted by atomic mass is 127. The second-order valence-corrected chi connectivity index (χ2v) is 4.18. The summed E-state index contributed by atoms with van der Waals surface area (Å²) in [6.07, 6.45) is -10.8. The lowest BCUT2D eigenvalue weighted by atomic mass is 10.2. The quantitative estimate of drug-likeness (QED) is 0.436. The molecule has 1 rings (SSSR count). The van der Waals surface area contributed by atoms with Crippen LogP contribution in [0.15, 0.2) is 6.07 Å². The van der Waals surface area contributed by atoms with Crippen LogP contribution in [0.5, 0.6) is 5.75 Å². The van der Waals surface area contributed by atoms with Crippen molar-refractivity contribution < 1.29 is 31.1 Å². The molecule has 0 aliphatic carbocycles. The first-order valence-electron chi connectivity index (χ1n) is 4.44. The van der Waals surface area contributed by atoms with Gasteiger partial charge in [0, 0.05) is 0 Å². The lowest BCUT2D eigenvalue weighted by Gasteiger charge is -2.17. The Morgan fingerprint density at radius 2 is 1.84 bits per heavy atom. The number of nitriles is 1. The standard InChI is InChI=1S/C9H3F6IN2O/c10-8(11,12)5-3-4(1-2-17)18-7(16)6(5)19-9(13,14)15/h3H,1H2. The molecule has 0 unspecified atom stereocenters. The summed E-state index contributed by atoms with van der Waals surface area (Å²) in [5, 5.41) is 8.38. The van der Waals surface area contributed by atoms with Crippen molar-refractivity contribution in [3.63, 3.8) is 0 Å². The molecule has 1 aromatic heterocycles. The molecule has 0 aliphatic rings. The topological polar surface area (TPSA) is 45.9 Å². The first-order chi connectivity index (χ1) is 8.54. The van der Waals surface area contributed by atoms with Crippen molar-refractivity contribution in [2.45, 2.75) is 19.0 Å². The summed E-state index contributed by atoms with van der Waals surface area (Å²) < 4.78 is 76.9. The van der Waals surface area contributed by atoms with Gasteiger partial charge < -0.3 is 4.74 Å². The van der Waals surface area contributed by atoms with E-state index in [4.69, 9.17) is 5.26 Å². The number of hydrogen-bond donors (Lipinski definition) is 0. The number of hydrogen-bond acceptors (Lipinski definition) is 3. The van der Waals surface area contributed by atoms with Gasteiger partial charge in [-0.3, -0.25) is 0 Å². The van der Waals surface area contributed by atoms with E-state index in [-0.39, 0.29) is 5.69 Å². The summed E-state index contributed by atoms with van der Waals surface area (Å²) in [5.74, 6) is -1.41. The molecule has 0 atom stereocenters. The molecule has 0 saturated heterocycles. The van der Waals surface area contributed by atoms with Crippen LogP contribution in [-0.4, -0.2) is 11.3 Å². The van der Waals surface area contributed by atoms with E-state index in [0.29, 0.717) is 6.07 Å². The van der Waals surface area contributed by atoms with E-state index in [1.165, 1.54) is 22.6 Å². The van der Waals surface area contributed by atoms with Gasteiger partial charge in [0.2, 0.25) is 0 Å². The third kappa shape index (κ3) is 4.41. The lowest BCUT2D eigenvalue weighted by molar-refractivity contribution is -0.276. The average Bonchev–Trinajstić information content (AvgIpc) is 2.18. The highest BCUT2D eigenvalue weighted by Gasteiger charge is 2.41. The van der Waals surface area contributed by atoms with Crippen LogP contribution in [0.4, 0.5) is 26.3 Å². The number of aromatic nitrogens is 1. The minimum Gasteiger partial charge on any atom is -0.402 e. The first-order valence-corrected chi connectivity index (χ1v) is 5.52. The van der Waals surface area contributed by atoms with Gasteiger partial charge in [0.15, 0.2) is 5.75 Å². The zero-order chi connectivity index (χ0) is 14.8. The summed E-state index contributed by atoms with van der Waals surface area (Å²) in [7, 11) is 0. The molecule has 0 aromatic carbocycles. The Kier molecular flexibility index (Phi) is 4.49. The highest BCUT2D eigenvalue weighted by Crippen LogP contribution is 2.40. The fourth-order valence-corrected chi connectivity index (χ4v) is 1.86. The smallest absolute Gasteiger partial charge is 0.402 e. The third-order valence-corrected chi connectivity index (χ3v) is 2.50. The number of halogens is 7. The maximum atomic E-state index is 12.7. The fraction of sp³-hybridized carbons (Fsp3) is 0.333. The normalized spacial score (nSPS) is 12.1. The molecule has 1 heterocycles. The zero-order valence-electron chi connectivity index (χ0n) is 8.73. The minimum atomic E-state index is -5.27. The molecule has 104 valence electrons. The van der Waals surface area contributed by atoms with Gasteiger partial charge in [-0.05, 0) is 28.7 Å². The molecule has 1 aromatic rings. The molecule has 3 nitrogen and oxygen atoms in total. The SMILES string of the molecule is N#CCc1cc(C(F)(F)F)c(OC(F)(F)F)c(I)n1. The molecule has 0 spiro atoms. The van der Waals surface area contributed by atoms with Crippen LogP contribution in [0.25, 0.3) is 0 Å². The van der Waals surface area contributed by atoms with Crippen LogP contribution in [0.1, 0.15) is 11.3 Å². The predicted molar refractivity (Wildman–Crippen MR) is 58.0 cm³/mol. The van der Waals surface area contributed by atoms with Gasteiger partial charge >= 0.3 is 12.5 Å². The Morgan fingerprint density at radius 1 is 1.26 bits per heavy atom. The Labute approximate surface area is 116 Å². The van der Waals surface area contributed by atoms with E-state index < -0.39 is 34.0 Å². The second kappa shape index (κ2) is 5.40. The molecule has 0 N–H and O–H groups in total. The van der Waals surface area contributed by atoms with Crippen molar-refractivity contribution in [2.75, 3.05) is 0 Å². The Bertz CT molecular complexity index is 519. The molecular formula is C9H3F6IN2O. The maximum absolute atomic E-state index is 12.7. The number of nitrogens with zero attached hydrogens (tertiary/aromatic N) is 2. The molecule has 19 heavy (non-hydrogen) atoms. The largest absolute Gasteiger partial charge is 0.573 e. The average molecular weight is 396 g/mol. The van der Waals surface area contributed by atoms with E-state index in [2.05, 4.69) is 9.72 Å². The Hall–Kier alpha value is -1.25. The summed E-state index contributed by atoms with van der Waals surface area (Å²) >= 11 is 1.19. The summed E-state index contributed by atoms with van der Waals surface area (Å²) in [6.45, 7) is 0. The van der Waals surface area contributed by atoms with Crippen LogP contribution in [0, 0.1) is 15.0 Å². The van der Waals surface area contributed by atoms with Gasteiger partial charge in [-0.1, -0.05) is 0 Å². The summed E-state index contributed by atoms with van der Waals surface area (Å²) in [4.78, 5) is 3.46. The van der Waals surface area contributed by atoms with E-state index in [0.717, 1.165) is 0 Å². The summed E-state index contributed by atoms with van der Waals surface area (Å²) in [5.41, 5.74) is -1.90. The minimum absolute atomic E-state index is 0.284. The van der Waals surface area contributed by atoms with Crippen molar-refractivity contribution in [3.05, 3.63) is 21.0 Å². The van der Waals surface area contributed by atoms with Crippen molar-refractivity contribution in [1.29, 1.82) is 5.26 Å². The molecule has 0 amide bonds. The van der Waals surface area contributed by atoms with Gasteiger partial charge in [0.1, 0.15) is 9.26 Å². The van der Waals surface area contributed by atoms with Crippen molar-refractivity contribution >= 4 is 22.6 Å². The van der Waals surface area contributed by atoms with E-state index in [9.17, 15) is 26.3 Å². The van der Waals surface area contributed by atoms with E-state index in [1.54, 1.807) is 6.07 Å². The van der Waals surface area contributed by atoms with E-state index >= 15 is 0 Å². The lowest BCUT2D eigenvalue weighted by Crippen LogP contribution is -2.22. The van der Waals surface area contributed by atoms with Crippen molar-refractivity contribution in [3.8, 4) is 11.8 Å². The molecule has 0 fully saturated rings. The highest BCUT2D eigenvalue weighted by molar-refractivity contribution is 14.1. The molecule has 0 bridgehead atoms. The van der Waals surface area contributed by atoms with Gasteiger partial charge in [0.25, 0.3) is 0 Å². The first kappa shape index (κ1) is 15.8. The molecule has 0 radical (unpaired) electrons. The monoisotopic (exact) mass is 396 g/mol. The second-order valence-electron chi connectivity index (χ2n) is 3.16. The van der Waals surface area contributed by atoms with Crippen LogP contribution in [-0.2, 0) is 12.6 Å². The predicted octanol–water partition coefficient (Wildman–Crippen LogP) is 3.67. The van der Waals surface area contributed by atoms with Crippen LogP contribution >= 0.6 is 22.6 Å². The number of alkyl halides is 6. The van der Waals surface area contributed by atoms with Crippen molar-refractivity contribution in [2.24, 2.45) is 0 Å². The molecule has 10 heteroatoms. The number of pyridine rings is 1. The third-order valence-electron chi connectivity index (χ3n) is 1.77. The van der Waals surface area contributed by atoms with Gasteiger partial charge in [-0.15, -0.1) is 13.2 Å². The Balaban J connectivity index is 3.40. The van der Waals surface area contributed by atoms with Gasteiger partial charge in [0.05, 0.1) is 18.2 Å². The van der Waals surface area contributed by atoms with Crippen LogP contribution < -0.4 is 4.74 Å². The summed E-state index contributed by atoms with van der Waals surface area (Å²) in [6, 6.07) is 1.93.